The van der Waals surface area contributed by atoms with Crippen LogP contribution in [0.25, 0.3) is 17.2 Å². The first kappa shape index (κ1) is 41.2. The highest BCUT2D eigenvalue weighted by molar-refractivity contribution is 8.00. The van der Waals surface area contributed by atoms with Crippen LogP contribution in [0.5, 0.6) is 0 Å². The van der Waals surface area contributed by atoms with E-state index in [9.17, 15) is 37.9 Å². The summed E-state index contributed by atoms with van der Waals surface area (Å²) in [5.74, 6) is 0.964. The van der Waals surface area contributed by atoms with Crippen LogP contribution in [-0.2, 0) is 41.2 Å². The molecule has 4 amide bonds. The van der Waals surface area contributed by atoms with Crippen LogP contribution in [-0.4, -0.2) is 106 Å². The number of rotatable bonds is 19. The number of carbonyl (C=O) groups is 3. The maximum atomic E-state index is 12.4. The van der Waals surface area contributed by atoms with Gasteiger partial charge in [0, 0.05) is 36.9 Å². The van der Waals surface area contributed by atoms with Crippen LogP contribution < -0.4 is 27.0 Å². The third-order valence-electron chi connectivity index (χ3n) is 8.16. The summed E-state index contributed by atoms with van der Waals surface area (Å²) in [6.45, 7) is -0.132. The molecule has 0 bridgehead atoms. The van der Waals surface area contributed by atoms with Gasteiger partial charge in [-0.1, -0.05) is 6.08 Å². The van der Waals surface area contributed by atoms with E-state index in [0.717, 1.165) is 12.2 Å². The molecule has 7 atom stereocenters. The summed E-state index contributed by atoms with van der Waals surface area (Å²) in [6.07, 6.45) is 5.99. The summed E-state index contributed by atoms with van der Waals surface area (Å²) in [5.41, 5.74) is 6.59. The molecule has 0 aromatic carbocycles. The van der Waals surface area contributed by atoms with E-state index in [1.54, 1.807) is 28.5 Å². The third kappa shape index (κ3) is 12.0. The van der Waals surface area contributed by atoms with Gasteiger partial charge in [-0.3, -0.25) is 18.7 Å². The van der Waals surface area contributed by atoms with Crippen molar-refractivity contribution in [2.45, 2.75) is 74.6 Å². The quantitative estimate of drug-likeness (QED) is 0.0537. The Balaban J connectivity index is 1.04. The minimum absolute atomic E-state index is 0.0912. The molecule has 2 aromatic rings. The fraction of sp³-hybridized carbons (Fsp3) is 0.615. The number of thioether (sulfide) groups is 1. The molecule has 53 heavy (non-hydrogen) atoms. The number of fused-ring (bicyclic) bond motifs is 2. The van der Waals surface area contributed by atoms with Crippen LogP contribution in [0.3, 0.4) is 0 Å². The molecule has 3 aliphatic heterocycles. The first-order chi connectivity index (χ1) is 25.0. The minimum atomic E-state index is -5.67. The minimum Gasteiger partial charge on any atom is -0.382 e. The molecule has 3 aliphatic rings. The molecule has 0 aliphatic carbocycles. The van der Waals surface area contributed by atoms with E-state index in [2.05, 4.69) is 44.8 Å². The molecule has 5 unspecified atom stereocenters. The Morgan fingerprint density at radius 3 is 2.58 bits per heavy atom. The maximum absolute atomic E-state index is 12.4. The van der Waals surface area contributed by atoms with E-state index >= 15 is 0 Å². The topological polar surface area (TPSA) is 338 Å². The van der Waals surface area contributed by atoms with Crippen LogP contribution in [0.1, 0.15) is 57.0 Å². The molecule has 0 saturated carbocycles. The van der Waals surface area contributed by atoms with Crippen LogP contribution >= 0.6 is 35.2 Å². The summed E-state index contributed by atoms with van der Waals surface area (Å²) in [4.78, 5) is 85.3. The van der Waals surface area contributed by atoms with Crippen molar-refractivity contribution in [3.05, 3.63) is 18.2 Å². The van der Waals surface area contributed by atoms with Gasteiger partial charge in [0.05, 0.1) is 24.8 Å². The van der Waals surface area contributed by atoms with Gasteiger partial charge in [-0.2, -0.15) is 20.4 Å². The third-order valence-corrected chi connectivity index (χ3v) is 13.5. The number of amides is 4. The zero-order chi connectivity index (χ0) is 38.4. The summed E-state index contributed by atoms with van der Waals surface area (Å²) in [7, 11) is -16.5. The highest BCUT2D eigenvalue weighted by atomic mass is 32.2. The van der Waals surface area contributed by atoms with Gasteiger partial charge in [-0.15, -0.1) is 0 Å². The molecule has 5 rings (SSSR count). The van der Waals surface area contributed by atoms with Crippen LogP contribution in [0.4, 0.5) is 10.6 Å². The highest BCUT2D eigenvalue weighted by Gasteiger charge is 2.43. The first-order valence-corrected chi connectivity index (χ1v) is 21.9. The number of ether oxygens (including phenoxy) is 1. The molecule has 3 saturated heterocycles. The van der Waals surface area contributed by atoms with Crippen molar-refractivity contribution in [3.8, 4) is 0 Å². The SMILES string of the molecule is Nc1ncnc2c1nc(/C=C/CNC(=O)CCCNC(=O)CCCC1SCC3NC(=O)NC31)n2[C@H]1CC[C@@H](COP(=O)(O)OP(=O)(O)OP(=O)(O)O)O1. The fourth-order valence-electron chi connectivity index (χ4n) is 5.92. The van der Waals surface area contributed by atoms with Crippen molar-refractivity contribution in [2.75, 3.05) is 31.2 Å². The summed E-state index contributed by atoms with van der Waals surface area (Å²) in [6, 6.07) is 0.105. The average molecular weight is 828 g/mol. The number of anilines is 1. The van der Waals surface area contributed by atoms with Gasteiger partial charge in [0.2, 0.25) is 11.8 Å². The van der Waals surface area contributed by atoms with Crippen molar-refractivity contribution in [1.29, 1.82) is 0 Å². The van der Waals surface area contributed by atoms with E-state index in [0.29, 0.717) is 43.7 Å². The Kier molecular flexibility index (Phi) is 13.7. The van der Waals surface area contributed by atoms with E-state index in [-0.39, 0.29) is 65.9 Å². The number of hydrogen-bond acceptors (Lipinski definition) is 15. The fourth-order valence-corrected chi connectivity index (χ4v) is 10.5. The molecule has 0 radical (unpaired) electrons. The predicted octanol–water partition coefficient (Wildman–Crippen LogP) is 0.791. The number of nitrogens with two attached hydrogens (primary N) is 1. The first-order valence-electron chi connectivity index (χ1n) is 16.3. The molecular weight excluding hydrogens is 787 g/mol. The second-order valence-corrected chi connectivity index (χ2v) is 17.8. The monoisotopic (exact) mass is 827 g/mol. The van der Waals surface area contributed by atoms with Gasteiger partial charge >= 0.3 is 29.5 Å². The predicted molar refractivity (Wildman–Crippen MR) is 186 cm³/mol. The molecule has 3 fully saturated rings. The molecule has 23 nitrogen and oxygen atoms in total. The Hall–Kier alpha value is -2.98. The van der Waals surface area contributed by atoms with E-state index < -0.39 is 42.4 Å². The van der Waals surface area contributed by atoms with E-state index in [1.807, 2.05) is 0 Å². The largest absolute Gasteiger partial charge is 0.490 e. The van der Waals surface area contributed by atoms with Crippen molar-refractivity contribution >= 4 is 76.1 Å². The number of hydrogen-bond donors (Lipinski definition) is 9. The lowest BCUT2D eigenvalue weighted by Gasteiger charge is -2.19. The molecule has 10 N–H and O–H groups in total. The number of aromatic nitrogens is 4. The van der Waals surface area contributed by atoms with Gasteiger partial charge in [0.1, 0.15) is 18.4 Å². The van der Waals surface area contributed by atoms with Gasteiger partial charge < -0.3 is 51.3 Å². The molecule has 27 heteroatoms. The van der Waals surface area contributed by atoms with Crippen molar-refractivity contribution in [1.82, 2.24) is 40.8 Å². The van der Waals surface area contributed by atoms with Crippen molar-refractivity contribution in [3.63, 3.8) is 0 Å². The number of nitrogen functional groups attached to an aromatic ring is 1. The van der Waals surface area contributed by atoms with Crippen LogP contribution in [0.15, 0.2) is 12.4 Å². The lowest BCUT2D eigenvalue weighted by molar-refractivity contribution is -0.122. The number of phosphoric ester groups is 1. The summed E-state index contributed by atoms with van der Waals surface area (Å²) >= 11 is 1.80. The normalized spacial score (nSPS) is 25.1. The van der Waals surface area contributed by atoms with Crippen LogP contribution in [0, 0.1) is 0 Å². The second kappa shape index (κ2) is 17.7. The molecule has 294 valence electrons. The lowest BCUT2D eigenvalue weighted by atomic mass is 10.0. The molecule has 5 heterocycles. The Bertz CT molecular complexity index is 1850. The average Bonchev–Trinajstić information content (AvgIpc) is 3.83. The number of carbonyl (C=O) groups excluding carboxylic acids is 3. The van der Waals surface area contributed by atoms with Gasteiger partial charge in [-0.25, -0.2) is 33.4 Å². The number of phosphoric acid groups is 3. The number of urea groups is 1. The van der Waals surface area contributed by atoms with E-state index in [1.165, 1.54) is 6.33 Å². The van der Waals surface area contributed by atoms with Crippen LogP contribution in [0.2, 0.25) is 0 Å². The Labute approximate surface area is 306 Å². The Morgan fingerprint density at radius 1 is 1.06 bits per heavy atom. The summed E-state index contributed by atoms with van der Waals surface area (Å²) in [5, 5.41) is 11.7. The number of nitrogens with zero attached hydrogens (tertiary/aromatic N) is 4. The van der Waals surface area contributed by atoms with E-state index in [4.69, 9.17) is 24.8 Å². The highest BCUT2D eigenvalue weighted by Crippen LogP contribution is 2.66. The molecule has 0 spiro atoms. The zero-order valence-corrected chi connectivity index (χ0v) is 31.4. The smallest absolute Gasteiger partial charge is 0.382 e. The maximum Gasteiger partial charge on any atom is 0.490 e. The van der Waals surface area contributed by atoms with Crippen molar-refractivity contribution in [2.24, 2.45) is 0 Å². The van der Waals surface area contributed by atoms with Gasteiger partial charge in [0.15, 0.2) is 17.0 Å². The molecule has 2 aromatic heterocycles. The molecular formula is C26H40N9O14P3S. The second-order valence-electron chi connectivity index (χ2n) is 12.1. The lowest BCUT2D eigenvalue weighted by Crippen LogP contribution is -2.37. The number of nitrogens with one attached hydrogen (secondary N) is 4. The number of imidazole rings is 1. The zero-order valence-electron chi connectivity index (χ0n) is 27.9. The Morgan fingerprint density at radius 2 is 1.81 bits per heavy atom. The van der Waals surface area contributed by atoms with Crippen molar-refractivity contribution < 1.29 is 65.5 Å². The van der Waals surface area contributed by atoms with Gasteiger partial charge in [-0.05, 0) is 38.2 Å². The standard InChI is InChI=1S/C26H40N9O14P3S/c27-24-23-25(31-14-30-24)35(21-9-8-15(47-21)12-46-51(42,43)49-52(44,45)48-50(39,40)41)18(33-23)5-2-10-28-20(37)7-3-11-29-19(36)6-1-4-17-22-16(13-53-17)32-26(38)34-22/h2,5,14-17,21-22H,1,3-4,6-13H2,(H,28,37)(H,29,36)(H,42,43)(H,44,45)(H2,27,30,31)(H2,32,34,38)(H2,39,40,41)/b5-2+/t15-,16?,17?,21+,22?/m0/s1. The van der Waals surface area contributed by atoms with Gasteiger partial charge in [0.25, 0.3) is 0 Å². The summed E-state index contributed by atoms with van der Waals surface area (Å²) < 4.78 is 54.3.